The molecule has 1 saturated carbocycles. The van der Waals surface area contributed by atoms with Crippen molar-refractivity contribution in [3.05, 3.63) is 10.2 Å². The molecule has 1 aliphatic carbocycles. The lowest BCUT2D eigenvalue weighted by molar-refractivity contribution is 0.336. The fraction of sp³-hybridized carbons (Fsp3) is 0.667. The number of hydrogen-bond acceptors (Lipinski definition) is 3. The molecule has 4 heteroatoms. The molecule has 0 saturated heterocycles. The van der Waals surface area contributed by atoms with Crippen molar-refractivity contribution in [3.8, 4) is 0 Å². The molecule has 1 rings (SSSR count). The molecule has 0 aliphatic heterocycles. The van der Waals surface area contributed by atoms with E-state index in [-0.39, 0.29) is 6.61 Å². The Kier molecular flexibility index (Phi) is 3.93. The van der Waals surface area contributed by atoms with Crippen molar-refractivity contribution >= 4 is 21.6 Å². The topological polar surface area (TPSA) is 56.1 Å². The van der Waals surface area contributed by atoms with Crippen molar-refractivity contribution in [1.82, 2.24) is 5.32 Å². The van der Waals surface area contributed by atoms with Gasteiger partial charge in [0.1, 0.15) is 0 Å². The van der Waals surface area contributed by atoms with Crippen LogP contribution in [-0.4, -0.2) is 24.0 Å². The van der Waals surface area contributed by atoms with Crippen LogP contribution in [0.3, 0.4) is 0 Å². The lowest BCUT2D eigenvalue weighted by Gasteiger charge is -2.09. The molecule has 13 heavy (non-hydrogen) atoms. The Bertz CT molecular complexity index is 234. The van der Waals surface area contributed by atoms with E-state index in [2.05, 4.69) is 21.2 Å². The van der Waals surface area contributed by atoms with E-state index in [0.717, 1.165) is 17.1 Å². The molecular formula is C9H15BrN2O. The Morgan fingerprint density at radius 3 is 2.62 bits per heavy atom. The van der Waals surface area contributed by atoms with Gasteiger partial charge in [-0.15, -0.1) is 0 Å². The molecule has 0 unspecified atom stereocenters. The predicted octanol–water partition coefficient (Wildman–Crippen LogP) is 1.62. The Hall–Kier alpha value is -0.350. The van der Waals surface area contributed by atoms with Gasteiger partial charge in [0.2, 0.25) is 0 Å². The van der Waals surface area contributed by atoms with Gasteiger partial charge in [0.15, 0.2) is 0 Å². The smallest absolute Gasteiger partial charge is 0.0854 e. The van der Waals surface area contributed by atoms with E-state index >= 15 is 0 Å². The number of hydrogen-bond donors (Lipinski definition) is 3. The molecule has 74 valence electrons. The number of aliphatic hydroxyl groups is 1. The second-order valence-corrected chi connectivity index (χ2v) is 4.19. The highest BCUT2D eigenvalue weighted by Gasteiger charge is 2.21. The molecule has 0 aromatic rings. The Balaban J connectivity index is 2.46. The molecule has 1 aliphatic rings. The van der Waals surface area contributed by atoms with Crippen molar-refractivity contribution in [2.45, 2.75) is 19.8 Å². The summed E-state index contributed by atoms with van der Waals surface area (Å²) in [6.45, 7) is 2.52. The molecular weight excluding hydrogens is 232 g/mol. The number of nitrogens with one attached hydrogen (secondary N) is 2. The first-order valence-corrected chi connectivity index (χ1v) is 5.23. The summed E-state index contributed by atoms with van der Waals surface area (Å²) in [5.41, 5.74) is 1.04. The Morgan fingerprint density at radius 1 is 1.62 bits per heavy atom. The monoisotopic (exact) mass is 246 g/mol. The molecule has 0 aromatic heterocycles. The van der Waals surface area contributed by atoms with Gasteiger partial charge in [0.05, 0.1) is 11.2 Å². The quantitative estimate of drug-likeness (QED) is 0.510. The van der Waals surface area contributed by atoms with E-state index in [1.165, 1.54) is 12.8 Å². The number of halogens is 1. The third kappa shape index (κ3) is 3.48. The van der Waals surface area contributed by atoms with Gasteiger partial charge in [0, 0.05) is 17.8 Å². The molecule has 0 radical (unpaired) electrons. The maximum Gasteiger partial charge on any atom is 0.0854 e. The van der Waals surface area contributed by atoms with Crippen molar-refractivity contribution < 1.29 is 5.11 Å². The molecule has 0 atom stereocenters. The highest BCUT2D eigenvalue weighted by Crippen LogP contribution is 2.28. The summed E-state index contributed by atoms with van der Waals surface area (Å²) in [6.07, 6.45) is 2.59. The minimum Gasteiger partial charge on any atom is -0.392 e. The van der Waals surface area contributed by atoms with Crippen LogP contribution in [0.2, 0.25) is 0 Å². The summed E-state index contributed by atoms with van der Waals surface area (Å²) in [6, 6.07) is 0. The number of rotatable bonds is 5. The van der Waals surface area contributed by atoms with Crippen molar-refractivity contribution in [2.75, 3.05) is 13.2 Å². The van der Waals surface area contributed by atoms with Gasteiger partial charge >= 0.3 is 0 Å². The summed E-state index contributed by atoms with van der Waals surface area (Å²) in [5, 5.41) is 19.5. The zero-order chi connectivity index (χ0) is 9.84. The second-order valence-electron chi connectivity index (χ2n) is 3.40. The predicted molar refractivity (Wildman–Crippen MR) is 57.2 cm³/mol. The van der Waals surface area contributed by atoms with Crippen molar-refractivity contribution in [1.29, 1.82) is 5.41 Å². The molecule has 0 spiro atoms. The van der Waals surface area contributed by atoms with Crippen LogP contribution in [0.25, 0.3) is 0 Å². The van der Waals surface area contributed by atoms with Gasteiger partial charge in [-0.3, -0.25) is 0 Å². The van der Waals surface area contributed by atoms with Gasteiger partial charge in [-0.1, -0.05) is 0 Å². The molecule has 3 nitrogen and oxygen atoms in total. The highest BCUT2D eigenvalue weighted by molar-refractivity contribution is 9.11. The Labute approximate surface area is 86.9 Å². The van der Waals surface area contributed by atoms with Crippen LogP contribution in [-0.2, 0) is 0 Å². The summed E-state index contributed by atoms with van der Waals surface area (Å²) in [5.74, 6) is 0.790. The third-order valence-corrected chi connectivity index (χ3v) is 2.88. The summed E-state index contributed by atoms with van der Waals surface area (Å²) in [4.78, 5) is 0. The summed E-state index contributed by atoms with van der Waals surface area (Å²) < 4.78 is 0.759. The van der Waals surface area contributed by atoms with Gasteiger partial charge in [0.25, 0.3) is 0 Å². The molecule has 0 aromatic carbocycles. The lowest BCUT2D eigenvalue weighted by Crippen LogP contribution is -2.17. The van der Waals surface area contributed by atoms with Crippen molar-refractivity contribution in [3.63, 3.8) is 0 Å². The SMILES string of the molecule is CC(=N)/C(CO)=C(/Br)NCC1CC1. The molecule has 0 bridgehead atoms. The van der Waals surface area contributed by atoms with Crippen LogP contribution in [0.1, 0.15) is 19.8 Å². The van der Waals surface area contributed by atoms with E-state index in [1.54, 1.807) is 6.92 Å². The van der Waals surface area contributed by atoms with E-state index in [0.29, 0.717) is 11.3 Å². The van der Waals surface area contributed by atoms with Crippen LogP contribution in [0.15, 0.2) is 10.2 Å². The average Bonchev–Trinajstić information content (AvgIpc) is 2.84. The first-order chi connectivity index (χ1) is 6.15. The van der Waals surface area contributed by atoms with Crippen LogP contribution in [0, 0.1) is 11.3 Å². The van der Waals surface area contributed by atoms with Crippen LogP contribution >= 0.6 is 15.9 Å². The third-order valence-electron chi connectivity index (χ3n) is 2.12. The average molecular weight is 247 g/mol. The van der Waals surface area contributed by atoms with E-state index < -0.39 is 0 Å². The Morgan fingerprint density at radius 2 is 2.23 bits per heavy atom. The zero-order valence-corrected chi connectivity index (χ0v) is 9.32. The van der Waals surface area contributed by atoms with Gasteiger partial charge < -0.3 is 15.8 Å². The molecule has 0 amide bonds. The molecule has 0 heterocycles. The first kappa shape index (κ1) is 10.7. The molecule has 3 N–H and O–H groups in total. The summed E-state index contributed by atoms with van der Waals surface area (Å²) >= 11 is 3.33. The summed E-state index contributed by atoms with van der Waals surface area (Å²) in [7, 11) is 0. The number of aliphatic hydroxyl groups excluding tert-OH is 1. The first-order valence-electron chi connectivity index (χ1n) is 4.44. The minimum absolute atomic E-state index is 0.0897. The largest absolute Gasteiger partial charge is 0.392 e. The van der Waals surface area contributed by atoms with E-state index in [9.17, 15) is 0 Å². The van der Waals surface area contributed by atoms with Crippen LogP contribution in [0.5, 0.6) is 0 Å². The maximum atomic E-state index is 8.98. The fourth-order valence-corrected chi connectivity index (χ4v) is 1.60. The minimum atomic E-state index is -0.0897. The van der Waals surface area contributed by atoms with Crippen LogP contribution < -0.4 is 5.32 Å². The van der Waals surface area contributed by atoms with Crippen LogP contribution in [0.4, 0.5) is 0 Å². The standard InChI is InChI=1S/C9H15BrN2O/c1-6(11)8(5-13)9(10)12-4-7-2-3-7/h7,11-13H,2-5H2,1H3/b9-8-,11-6?. The van der Waals surface area contributed by atoms with E-state index in [1.807, 2.05) is 0 Å². The second kappa shape index (κ2) is 4.77. The van der Waals surface area contributed by atoms with Gasteiger partial charge in [-0.05, 0) is 41.6 Å². The van der Waals surface area contributed by atoms with Gasteiger partial charge in [-0.25, -0.2) is 0 Å². The van der Waals surface area contributed by atoms with Crippen molar-refractivity contribution in [2.24, 2.45) is 5.92 Å². The van der Waals surface area contributed by atoms with E-state index in [4.69, 9.17) is 10.5 Å². The normalized spacial score (nSPS) is 18.1. The lowest BCUT2D eigenvalue weighted by atomic mass is 10.2. The maximum absolute atomic E-state index is 8.98. The van der Waals surface area contributed by atoms with Gasteiger partial charge in [-0.2, -0.15) is 0 Å². The highest BCUT2D eigenvalue weighted by atomic mass is 79.9. The molecule has 1 fully saturated rings. The zero-order valence-electron chi connectivity index (χ0n) is 7.73. The fourth-order valence-electron chi connectivity index (χ4n) is 1.02.